The summed E-state index contributed by atoms with van der Waals surface area (Å²) in [7, 11) is 0. The maximum atomic E-state index is 13.2. The van der Waals surface area contributed by atoms with Gasteiger partial charge in [-0.3, -0.25) is 0 Å². The van der Waals surface area contributed by atoms with Crippen LogP contribution in [0.25, 0.3) is 0 Å². The number of ether oxygens (including phenoxy) is 1. The van der Waals surface area contributed by atoms with Crippen molar-refractivity contribution in [2.75, 3.05) is 6.54 Å². The zero-order valence-corrected chi connectivity index (χ0v) is 17.9. The minimum atomic E-state index is -0.286. The summed E-state index contributed by atoms with van der Waals surface area (Å²) in [5.41, 5.74) is 1.05. The predicted octanol–water partition coefficient (Wildman–Crippen LogP) is 5.60. The summed E-state index contributed by atoms with van der Waals surface area (Å²) in [4.78, 5) is 12.7. The molecule has 0 spiro atoms. The molecule has 4 aliphatic rings. The first-order valence-corrected chi connectivity index (χ1v) is 11.6. The van der Waals surface area contributed by atoms with Gasteiger partial charge in [-0.15, -0.1) is 0 Å². The molecule has 4 nitrogen and oxygen atoms in total. The Labute approximate surface area is 183 Å². The molecule has 0 heterocycles. The highest BCUT2D eigenvalue weighted by Crippen LogP contribution is 2.55. The van der Waals surface area contributed by atoms with E-state index in [4.69, 9.17) is 4.74 Å². The summed E-state index contributed by atoms with van der Waals surface area (Å²) in [6.45, 7) is 0.513. The molecule has 4 bridgehead atoms. The molecule has 1 unspecified atom stereocenters. The summed E-state index contributed by atoms with van der Waals surface area (Å²) in [5, 5.41) is 6.42. The average Bonchev–Trinajstić information content (AvgIpc) is 2.74. The molecule has 4 aliphatic carbocycles. The van der Waals surface area contributed by atoms with Crippen LogP contribution in [0.1, 0.15) is 56.6 Å². The van der Waals surface area contributed by atoms with Crippen molar-refractivity contribution >= 4 is 6.03 Å². The normalized spacial score (nSPS) is 29.4. The molecule has 0 aromatic heterocycles. The topological polar surface area (TPSA) is 50.4 Å². The maximum absolute atomic E-state index is 13.2. The largest absolute Gasteiger partial charge is 0.486 e. The van der Waals surface area contributed by atoms with Gasteiger partial charge in [-0.1, -0.05) is 30.3 Å². The number of benzene rings is 2. The minimum Gasteiger partial charge on any atom is -0.486 e. The average molecular weight is 423 g/mol. The van der Waals surface area contributed by atoms with Gasteiger partial charge in [0.1, 0.15) is 17.7 Å². The third-order valence-electron chi connectivity index (χ3n) is 7.37. The van der Waals surface area contributed by atoms with Crippen LogP contribution in [0.4, 0.5) is 9.18 Å². The first kappa shape index (κ1) is 20.3. The second-order valence-corrected chi connectivity index (χ2v) is 9.84. The molecule has 164 valence electrons. The maximum Gasteiger partial charge on any atom is 0.315 e. The Hall–Kier alpha value is -2.56. The van der Waals surface area contributed by atoms with E-state index < -0.39 is 0 Å². The molecular formula is C26H31FN2O2. The van der Waals surface area contributed by atoms with Crippen LogP contribution in [0, 0.1) is 23.6 Å². The highest BCUT2D eigenvalue weighted by Gasteiger charge is 2.51. The van der Waals surface area contributed by atoms with Gasteiger partial charge in [-0.05, 0) is 86.1 Å². The van der Waals surface area contributed by atoms with Crippen LogP contribution in [-0.2, 0) is 0 Å². The van der Waals surface area contributed by atoms with Gasteiger partial charge >= 0.3 is 6.03 Å². The predicted molar refractivity (Wildman–Crippen MR) is 118 cm³/mol. The van der Waals surface area contributed by atoms with Crippen molar-refractivity contribution in [3.05, 3.63) is 66.0 Å². The summed E-state index contributed by atoms with van der Waals surface area (Å²) in [6.07, 6.45) is 7.94. The Kier molecular flexibility index (Phi) is 5.59. The van der Waals surface area contributed by atoms with Crippen LogP contribution in [0.2, 0.25) is 0 Å². The van der Waals surface area contributed by atoms with E-state index in [0.29, 0.717) is 18.7 Å². The molecule has 2 aromatic carbocycles. The lowest BCUT2D eigenvalue weighted by atomic mass is 9.53. The zero-order valence-electron chi connectivity index (χ0n) is 17.9. The smallest absolute Gasteiger partial charge is 0.315 e. The number of amides is 2. The van der Waals surface area contributed by atoms with E-state index in [1.165, 1.54) is 31.4 Å². The number of rotatable bonds is 7. The number of hydrogen-bond acceptors (Lipinski definition) is 2. The van der Waals surface area contributed by atoms with Crippen molar-refractivity contribution in [1.29, 1.82) is 0 Å². The molecule has 2 N–H and O–H groups in total. The summed E-state index contributed by atoms with van der Waals surface area (Å²) in [6, 6.07) is 16.0. The Morgan fingerprint density at radius 1 is 0.968 bits per heavy atom. The SMILES string of the molecule is O=C(NCCC(Oc1ccc(F)cc1)c1ccccc1)NC12CC3CC(CC(C3)C1)C2. The molecule has 0 saturated heterocycles. The third kappa shape index (κ3) is 4.70. The van der Waals surface area contributed by atoms with Gasteiger partial charge in [0.15, 0.2) is 0 Å². The minimum absolute atomic E-state index is 0.0161. The summed E-state index contributed by atoms with van der Waals surface area (Å²) in [5.74, 6) is 2.74. The Morgan fingerprint density at radius 2 is 1.58 bits per heavy atom. The fourth-order valence-corrected chi connectivity index (χ4v) is 6.50. The number of nitrogens with one attached hydrogen (secondary N) is 2. The monoisotopic (exact) mass is 422 g/mol. The van der Waals surface area contributed by atoms with Gasteiger partial charge < -0.3 is 15.4 Å². The van der Waals surface area contributed by atoms with E-state index >= 15 is 0 Å². The van der Waals surface area contributed by atoms with E-state index in [1.807, 2.05) is 30.3 Å². The number of halogens is 1. The van der Waals surface area contributed by atoms with Gasteiger partial charge in [0.25, 0.3) is 0 Å². The van der Waals surface area contributed by atoms with Crippen molar-refractivity contribution < 1.29 is 13.9 Å². The lowest BCUT2D eigenvalue weighted by Crippen LogP contribution is -2.61. The number of carbonyl (C=O) groups excluding carboxylic acids is 1. The van der Waals surface area contributed by atoms with Crippen molar-refractivity contribution in [1.82, 2.24) is 10.6 Å². The molecular weight excluding hydrogens is 391 g/mol. The van der Waals surface area contributed by atoms with Gasteiger partial charge in [-0.25, -0.2) is 9.18 Å². The Bertz CT molecular complexity index is 864. The fraction of sp³-hybridized carbons (Fsp3) is 0.500. The fourth-order valence-electron chi connectivity index (χ4n) is 6.50. The van der Waals surface area contributed by atoms with E-state index in [1.54, 1.807) is 12.1 Å². The number of urea groups is 1. The Morgan fingerprint density at radius 3 is 2.19 bits per heavy atom. The van der Waals surface area contributed by atoms with Gasteiger partial charge in [0.05, 0.1) is 0 Å². The highest BCUT2D eigenvalue weighted by atomic mass is 19.1. The molecule has 0 aliphatic heterocycles. The van der Waals surface area contributed by atoms with Gasteiger partial charge in [0, 0.05) is 18.5 Å². The standard InChI is InChI=1S/C26H31FN2O2/c27-22-6-8-23(9-7-22)31-24(21-4-2-1-3-5-21)10-11-28-25(30)29-26-15-18-12-19(16-26)14-20(13-18)17-26/h1-9,18-20,24H,10-17H2,(H2,28,29,30). The quantitative estimate of drug-likeness (QED) is 0.610. The number of carbonyl (C=O) groups is 1. The second kappa shape index (κ2) is 8.52. The Balaban J connectivity index is 1.17. The molecule has 5 heteroatoms. The van der Waals surface area contributed by atoms with E-state index in [2.05, 4.69) is 10.6 Å². The van der Waals surface area contributed by atoms with Crippen molar-refractivity contribution in [3.63, 3.8) is 0 Å². The molecule has 6 rings (SSSR count). The lowest BCUT2D eigenvalue weighted by molar-refractivity contribution is -0.0135. The van der Waals surface area contributed by atoms with E-state index in [-0.39, 0.29) is 23.5 Å². The first-order valence-electron chi connectivity index (χ1n) is 11.6. The second-order valence-electron chi connectivity index (χ2n) is 9.84. The summed E-state index contributed by atoms with van der Waals surface area (Å²) >= 11 is 0. The molecule has 2 amide bonds. The zero-order chi connectivity index (χ0) is 21.3. The van der Waals surface area contributed by atoms with Gasteiger partial charge in [-0.2, -0.15) is 0 Å². The molecule has 2 aromatic rings. The van der Waals surface area contributed by atoms with Gasteiger partial charge in [0.2, 0.25) is 0 Å². The van der Waals surface area contributed by atoms with Crippen LogP contribution in [0.15, 0.2) is 54.6 Å². The van der Waals surface area contributed by atoms with Crippen LogP contribution < -0.4 is 15.4 Å². The third-order valence-corrected chi connectivity index (χ3v) is 7.37. The van der Waals surface area contributed by atoms with Crippen LogP contribution in [0.5, 0.6) is 5.75 Å². The van der Waals surface area contributed by atoms with Crippen molar-refractivity contribution in [2.45, 2.75) is 56.6 Å². The molecule has 0 radical (unpaired) electrons. The van der Waals surface area contributed by atoms with Crippen LogP contribution in [0.3, 0.4) is 0 Å². The lowest BCUT2D eigenvalue weighted by Gasteiger charge is -2.56. The number of hydrogen-bond donors (Lipinski definition) is 2. The van der Waals surface area contributed by atoms with Crippen LogP contribution >= 0.6 is 0 Å². The van der Waals surface area contributed by atoms with Crippen molar-refractivity contribution in [3.8, 4) is 5.75 Å². The molecule has 1 atom stereocenters. The van der Waals surface area contributed by atoms with E-state index in [9.17, 15) is 9.18 Å². The first-order chi connectivity index (χ1) is 15.1. The highest BCUT2D eigenvalue weighted by molar-refractivity contribution is 5.74. The molecule has 4 saturated carbocycles. The summed E-state index contributed by atoms with van der Waals surface area (Å²) < 4.78 is 19.4. The molecule has 4 fully saturated rings. The van der Waals surface area contributed by atoms with Crippen LogP contribution in [-0.4, -0.2) is 18.1 Å². The van der Waals surface area contributed by atoms with Crippen molar-refractivity contribution in [2.24, 2.45) is 17.8 Å². The van der Waals surface area contributed by atoms with E-state index in [0.717, 1.165) is 42.6 Å². The molecule has 31 heavy (non-hydrogen) atoms.